The molecule has 1 rings (SSSR count). The third-order valence-corrected chi connectivity index (χ3v) is 1.75. The Morgan fingerprint density at radius 2 is 2.13 bits per heavy atom. The molecule has 6 heteroatoms. The minimum absolute atomic E-state index is 0. The molecular formula is C9H11NaO5. The van der Waals surface area contributed by atoms with Gasteiger partial charge in [0.15, 0.2) is 17.6 Å². The molecule has 0 radical (unpaired) electrons. The van der Waals surface area contributed by atoms with Gasteiger partial charge in [0, 0.05) is 0 Å². The molecule has 3 N–H and O–H groups in total. The molecule has 15 heavy (non-hydrogen) atoms. The molecule has 5 nitrogen and oxygen atoms in total. The summed E-state index contributed by atoms with van der Waals surface area (Å²) < 4.78 is 4.76. The molecule has 1 unspecified atom stereocenters. The number of benzene rings is 1. The largest absolute Gasteiger partial charge is 1.00 e. The topological polar surface area (TPSA) is 87.0 Å². The molecule has 1 aromatic carbocycles. The monoisotopic (exact) mass is 222 g/mol. The van der Waals surface area contributed by atoms with Crippen LogP contribution in [0.5, 0.6) is 11.5 Å². The maximum absolute atomic E-state index is 10.4. The molecule has 1 atom stereocenters. The summed E-state index contributed by atoms with van der Waals surface area (Å²) >= 11 is 0. The number of methoxy groups -OCH3 is 1. The van der Waals surface area contributed by atoms with E-state index in [1.807, 2.05) is 0 Å². The summed E-state index contributed by atoms with van der Waals surface area (Å²) in [6.45, 7) is 0. The number of carbonyl (C=O) groups is 1. The summed E-state index contributed by atoms with van der Waals surface area (Å²) in [4.78, 5) is 10.4. The van der Waals surface area contributed by atoms with E-state index in [9.17, 15) is 15.0 Å². The third-order valence-electron chi connectivity index (χ3n) is 1.75. The number of carboxylic acid groups (broad SMARTS) is 1. The fraction of sp³-hybridized carbons (Fsp3) is 0.222. The molecule has 1 aromatic rings. The van der Waals surface area contributed by atoms with E-state index in [1.165, 1.54) is 25.3 Å². The Morgan fingerprint density at radius 1 is 1.53 bits per heavy atom. The number of aliphatic hydroxyl groups excluding tert-OH is 1. The van der Waals surface area contributed by atoms with Crippen LogP contribution in [0.25, 0.3) is 0 Å². The molecule has 0 heterocycles. The minimum Gasteiger partial charge on any atom is -1.00 e. The second-order valence-corrected chi connectivity index (χ2v) is 2.67. The van der Waals surface area contributed by atoms with Crippen molar-refractivity contribution in [1.29, 1.82) is 0 Å². The van der Waals surface area contributed by atoms with Gasteiger partial charge >= 0.3 is 35.5 Å². The van der Waals surface area contributed by atoms with Crippen molar-refractivity contribution >= 4 is 5.97 Å². The number of aliphatic hydroxyl groups is 1. The Bertz CT molecular complexity index is 358. The van der Waals surface area contributed by atoms with Gasteiger partial charge in [-0.3, -0.25) is 0 Å². The van der Waals surface area contributed by atoms with Crippen LogP contribution < -0.4 is 34.3 Å². The maximum atomic E-state index is 10.4. The second-order valence-electron chi connectivity index (χ2n) is 2.67. The summed E-state index contributed by atoms with van der Waals surface area (Å²) in [7, 11) is 1.34. The molecule has 0 aliphatic rings. The van der Waals surface area contributed by atoms with Crippen molar-refractivity contribution in [2.45, 2.75) is 6.10 Å². The van der Waals surface area contributed by atoms with Gasteiger partial charge in [-0.1, -0.05) is 6.07 Å². The normalized spacial score (nSPS) is 11.3. The Balaban J connectivity index is 0. The predicted octanol–water partition coefficient (Wildman–Crippen LogP) is -2.36. The molecule has 0 aliphatic carbocycles. The van der Waals surface area contributed by atoms with E-state index in [2.05, 4.69) is 0 Å². The predicted molar refractivity (Wildman–Crippen MR) is 48.4 cm³/mol. The number of aromatic hydroxyl groups is 1. The quantitative estimate of drug-likeness (QED) is 0.498. The zero-order valence-corrected chi connectivity index (χ0v) is 10.5. The molecule has 0 saturated heterocycles. The SMILES string of the molecule is COc1cc(C(O)C(=O)O)ccc1O.[H-].[Na+]. The number of carboxylic acids is 1. The Hall–Kier alpha value is -0.750. The number of hydrogen-bond acceptors (Lipinski definition) is 4. The number of phenolic OH excluding ortho intramolecular Hbond substituents is 1. The van der Waals surface area contributed by atoms with Gasteiger partial charge in [0.1, 0.15) is 0 Å². The maximum Gasteiger partial charge on any atom is 1.00 e. The van der Waals surface area contributed by atoms with Crippen LogP contribution in [-0.2, 0) is 4.79 Å². The standard InChI is InChI=1S/C9H10O5.Na.H/c1-14-7-4-5(2-3-6(7)10)8(11)9(12)13;;/h2-4,8,10-11H,1H3,(H,12,13);;/q;+1;-1. The zero-order valence-electron chi connectivity index (χ0n) is 9.47. The van der Waals surface area contributed by atoms with Gasteiger partial charge in [0.25, 0.3) is 0 Å². The zero-order chi connectivity index (χ0) is 10.7. The average molecular weight is 222 g/mol. The van der Waals surface area contributed by atoms with Crippen LogP contribution in [0.4, 0.5) is 0 Å². The second kappa shape index (κ2) is 5.97. The number of rotatable bonds is 3. The van der Waals surface area contributed by atoms with Crippen molar-refractivity contribution in [2.75, 3.05) is 7.11 Å². The minimum atomic E-state index is -1.61. The van der Waals surface area contributed by atoms with Crippen LogP contribution in [0, 0.1) is 0 Å². The van der Waals surface area contributed by atoms with Gasteiger partial charge in [-0.25, -0.2) is 4.79 Å². The Labute approximate surface area is 110 Å². The van der Waals surface area contributed by atoms with E-state index in [1.54, 1.807) is 0 Å². The molecule has 0 saturated carbocycles. The van der Waals surface area contributed by atoms with E-state index >= 15 is 0 Å². The van der Waals surface area contributed by atoms with Crippen LogP contribution in [-0.4, -0.2) is 28.4 Å². The van der Waals surface area contributed by atoms with Crippen LogP contribution in [0.15, 0.2) is 18.2 Å². The van der Waals surface area contributed by atoms with E-state index in [-0.39, 0.29) is 48.0 Å². The van der Waals surface area contributed by atoms with E-state index in [0.29, 0.717) is 0 Å². The van der Waals surface area contributed by atoms with Crippen LogP contribution in [0.2, 0.25) is 0 Å². The molecule has 0 aromatic heterocycles. The molecule has 0 bridgehead atoms. The van der Waals surface area contributed by atoms with Gasteiger partial charge < -0.3 is 21.5 Å². The fourth-order valence-corrected chi connectivity index (χ4v) is 1.01. The van der Waals surface area contributed by atoms with Crippen molar-refractivity contribution < 1.29 is 55.8 Å². The molecule has 0 aliphatic heterocycles. The van der Waals surface area contributed by atoms with Crippen LogP contribution in [0.3, 0.4) is 0 Å². The first-order valence-corrected chi connectivity index (χ1v) is 3.84. The summed E-state index contributed by atoms with van der Waals surface area (Å²) in [5, 5.41) is 26.9. The third kappa shape index (κ3) is 3.39. The number of aliphatic carboxylic acids is 1. The molecule has 0 amide bonds. The van der Waals surface area contributed by atoms with Crippen LogP contribution >= 0.6 is 0 Å². The average Bonchev–Trinajstić information content (AvgIpc) is 2.17. The Morgan fingerprint density at radius 3 is 2.60 bits per heavy atom. The van der Waals surface area contributed by atoms with E-state index in [0.717, 1.165) is 0 Å². The van der Waals surface area contributed by atoms with Crippen molar-refractivity contribution in [1.82, 2.24) is 0 Å². The Kier molecular flexibility index (Phi) is 5.67. The van der Waals surface area contributed by atoms with Crippen LogP contribution in [0.1, 0.15) is 13.1 Å². The molecule has 78 valence electrons. The van der Waals surface area contributed by atoms with Gasteiger partial charge in [0.05, 0.1) is 7.11 Å². The van der Waals surface area contributed by atoms with Gasteiger partial charge in [-0.15, -0.1) is 0 Å². The van der Waals surface area contributed by atoms with Gasteiger partial charge in [-0.05, 0) is 17.7 Å². The summed E-state index contributed by atoms with van der Waals surface area (Å²) in [6, 6.07) is 3.85. The van der Waals surface area contributed by atoms with E-state index in [4.69, 9.17) is 9.84 Å². The van der Waals surface area contributed by atoms with Crippen molar-refractivity contribution in [3.05, 3.63) is 23.8 Å². The molecule has 0 spiro atoms. The summed E-state index contributed by atoms with van der Waals surface area (Å²) in [6.07, 6.45) is -1.61. The first-order chi connectivity index (χ1) is 6.56. The molecule has 0 fully saturated rings. The molecular weight excluding hydrogens is 211 g/mol. The first-order valence-electron chi connectivity index (χ1n) is 3.84. The van der Waals surface area contributed by atoms with E-state index < -0.39 is 12.1 Å². The summed E-state index contributed by atoms with van der Waals surface area (Å²) in [5.41, 5.74) is 0.159. The van der Waals surface area contributed by atoms with Crippen molar-refractivity contribution in [2.24, 2.45) is 0 Å². The number of phenols is 1. The summed E-state index contributed by atoms with van der Waals surface area (Å²) in [5.74, 6) is -1.32. The smallest absolute Gasteiger partial charge is 1.00 e. The van der Waals surface area contributed by atoms with Gasteiger partial charge in [-0.2, -0.15) is 0 Å². The fourth-order valence-electron chi connectivity index (χ4n) is 1.01. The van der Waals surface area contributed by atoms with Crippen molar-refractivity contribution in [3.8, 4) is 11.5 Å². The number of hydrogen-bond donors (Lipinski definition) is 3. The number of ether oxygens (including phenoxy) is 1. The van der Waals surface area contributed by atoms with Crippen molar-refractivity contribution in [3.63, 3.8) is 0 Å². The first kappa shape index (κ1) is 14.2. The van der Waals surface area contributed by atoms with Gasteiger partial charge in [0.2, 0.25) is 0 Å².